The van der Waals surface area contributed by atoms with Crippen LogP contribution in [-0.2, 0) is 19.6 Å². The minimum absolute atomic E-state index is 0.0101. The molecule has 3 amide bonds. The van der Waals surface area contributed by atoms with Gasteiger partial charge >= 0.3 is 0 Å². The van der Waals surface area contributed by atoms with E-state index in [9.17, 15) is 23.9 Å². The van der Waals surface area contributed by atoms with E-state index >= 15 is 0 Å². The molecule has 0 aliphatic heterocycles. The molecule has 0 aromatic heterocycles. The van der Waals surface area contributed by atoms with Gasteiger partial charge in [0.05, 0.1) is 12.1 Å². The third-order valence-corrected chi connectivity index (χ3v) is 7.94. The van der Waals surface area contributed by atoms with Gasteiger partial charge in [0.15, 0.2) is 0 Å². The molecule has 0 fully saturated rings. The minimum Gasteiger partial charge on any atom is -0.489 e. The summed E-state index contributed by atoms with van der Waals surface area (Å²) in [5, 5.41) is 17.5. The second kappa shape index (κ2) is 18.5. The molecule has 0 unspecified atom stereocenters. The summed E-state index contributed by atoms with van der Waals surface area (Å²) in [5.41, 5.74) is 8.23. The fourth-order valence-electron chi connectivity index (χ4n) is 5.52. The predicted molar refractivity (Wildman–Crippen MR) is 188 cm³/mol. The van der Waals surface area contributed by atoms with Crippen LogP contribution in [0.1, 0.15) is 74.5 Å². The zero-order valence-electron chi connectivity index (χ0n) is 28.0. The summed E-state index contributed by atoms with van der Waals surface area (Å²) in [6, 6.07) is 26.7. The Bertz CT molecular complexity index is 1680. The van der Waals surface area contributed by atoms with Crippen molar-refractivity contribution in [3.63, 3.8) is 0 Å². The summed E-state index contributed by atoms with van der Waals surface area (Å²) in [6.45, 7) is 5.79. The normalized spacial score (nSPS) is 12.2. The van der Waals surface area contributed by atoms with Gasteiger partial charge < -0.3 is 31.1 Å². The number of rotatable bonds is 18. The molecular weight excluding hydrogens is 623 g/mol. The first-order valence-corrected chi connectivity index (χ1v) is 16.6. The van der Waals surface area contributed by atoms with Gasteiger partial charge in [0.2, 0.25) is 5.91 Å². The Hall–Kier alpha value is -5.06. The third-order valence-electron chi connectivity index (χ3n) is 7.94. The number of hydrogen-bond acceptors (Lipinski definition) is 6. The van der Waals surface area contributed by atoms with Crippen LogP contribution in [0.15, 0.2) is 97.1 Å². The average Bonchev–Trinajstić information content (AvgIpc) is 3.10. The van der Waals surface area contributed by atoms with Crippen LogP contribution in [0.3, 0.4) is 0 Å². The van der Waals surface area contributed by atoms with E-state index in [2.05, 4.69) is 10.6 Å². The number of ether oxygens (including phenoxy) is 1. The second-order valence-electron chi connectivity index (χ2n) is 12.0. The molecule has 0 heterocycles. The molecule has 0 aliphatic carbocycles. The van der Waals surface area contributed by atoms with Crippen molar-refractivity contribution in [1.29, 1.82) is 0 Å². The van der Waals surface area contributed by atoms with Crippen molar-refractivity contribution >= 4 is 17.7 Å². The monoisotopic (exact) mass is 668 g/mol. The third kappa shape index (κ3) is 11.3. The molecule has 4 rings (SSSR count). The predicted octanol–water partition coefficient (Wildman–Crippen LogP) is 5.26. The van der Waals surface area contributed by atoms with E-state index in [1.165, 1.54) is 30.3 Å². The molecule has 0 radical (unpaired) electrons. The lowest BCUT2D eigenvalue weighted by atomic mass is 9.99. The molecule has 0 saturated heterocycles. The van der Waals surface area contributed by atoms with Gasteiger partial charge in [-0.2, -0.15) is 0 Å². The summed E-state index contributed by atoms with van der Waals surface area (Å²) in [5.74, 6) is -1.94. The first-order valence-electron chi connectivity index (χ1n) is 16.6. The van der Waals surface area contributed by atoms with Gasteiger partial charge in [0.25, 0.3) is 11.8 Å². The Morgan fingerprint density at radius 3 is 2.06 bits per heavy atom. The standard InChI is InChI=1S/C39H45FN4O5/c1-3-15-44(16-4-2)39(48)32-21-30(37(41)46)20-31(22-32)38(47)43-35(36(45)25-42-24-27-11-7-5-8-12-27)19-29-17-33(40)23-34(18-29)49-26-28-13-9-6-10-14-28/h5-14,17-18,20-23,35-36,42,45H,3-4,15-16,19,24-26H2,1-2H3,(H2,41,46)(H,43,47)/t35-,36+/m0/s1. The van der Waals surface area contributed by atoms with Crippen molar-refractivity contribution in [3.8, 4) is 5.75 Å². The van der Waals surface area contributed by atoms with Gasteiger partial charge in [-0.25, -0.2) is 4.39 Å². The van der Waals surface area contributed by atoms with Crippen LogP contribution >= 0.6 is 0 Å². The van der Waals surface area contributed by atoms with Crippen molar-refractivity contribution < 1.29 is 28.6 Å². The number of aliphatic hydroxyl groups is 1. The average molecular weight is 669 g/mol. The maximum absolute atomic E-state index is 14.8. The molecule has 5 N–H and O–H groups in total. The van der Waals surface area contributed by atoms with E-state index < -0.39 is 29.8 Å². The first-order chi connectivity index (χ1) is 23.7. The van der Waals surface area contributed by atoms with E-state index in [0.717, 1.165) is 24.0 Å². The molecule has 10 heteroatoms. The molecular formula is C39H45FN4O5. The van der Waals surface area contributed by atoms with Crippen molar-refractivity contribution in [1.82, 2.24) is 15.5 Å². The number of amides is 3. The van der Waals surface area contributed by atoms with Gasteiger partial charge in [-0.1, -0.05) is 74.5 Å². The van der Waals surface area contributed by atoms with Crippen LogP contribution in [0.2, 0.25) is 0 Å². The number of nitrogens with zero attached hydrogens (tertiary/aromatic N) is 1. The van der Waals surface area contributed by atoms with Gasteiger partial charge in [0, 0.05) is 48.9 Å². The highest BCUT2D eigenvalue weighted by atomic mass is 19.1. The van der Waals surface area contributed by atoms with E-state index in [4.69, 9.17) is 10.5 Å². The maximum atomic E-state index is 14.8. The Labute approximate surface area is 287 Å². The number of carbonyl (C=O) groups excluding carboxylic acids is 3. The van der Waals surface area contributed by atoms with E-state index in [1.54, 1.807) is 11.0 Å². The molecule has 0 spiro atoms. The molecule has 0 bridgehead atoms. The number of nitrogens with one attached hydrogen (secondary N) is 2. The smallest absolute Gasteiger partial charge is 0.253 e. The Morgan fingerprint density at radius 1 is 0.816 bits per heavy atom. The quantitative estimate of drug-likeness (QED) is 0.114. The minimum atomic E-state index is -1.10. The van der Waals surface area contributed by atoms with Crippen LogP contribution in [0.5, 0.6) is 5.75 Å². The first kappa shape index (κ1) is 36.8. The van der Waals surface area contributed by atoms with E-state index in [0.29, 0.717) is 30.9 Å². The Balaban J connectivity index is 1.59. The second-order valence-corrected chi connectivity index (χ2v) is 12.0. The number of benzene rings is 4. The topological polar surface area (TPSA) is 134 Å². The number of halogens is 1. The molecule has 0 aliphatic rings. The van der Waals surface area contributed by atoms with E-state index in [1.807, 2.05) is 74.5 Å². The molecule has 2 atom stereocenters. The van der Waals surface area contributed by atoms with Crippen LogP contribution < -0.4 is 21.1 Å². The lowest BCUT2D eigenvalue weighted by Crippen LogP contribution is -2.48. The van der Waals surface area contributed by atoms with Gasteiger partial charge in [-0.3, -0.25) is 14.4 Å². The maximum Gasteiger partial charge on any atom is 0.253 e. The van der Waals surface area contributed by atoms with E-state index in [-0.39, 0.29) is 42.2 Å². The molecule has 0 saturated carbocycles. The summed E-state index contributed by atoms with van der Waals surface area (Å²) in [4.78, 5) is 41.2. The summed E-state index contributed by atoms with van der Waals surface area (Å²) < 4.78 is 20.7. The van der Waals surface area contributed by atoms with Crippen LogP contribution in [0, 0.1) is 5.82 Å². The zero-order chi connectivity index (χ0) is 35.2. The number of carbonyl (C=O) groups is 3. The lowest BCUT2D eigenvalue weighted by molar-refractivity contribution is 0.0755. The summed E-state index contributed by atoms with van der Waals surface area (Å²) >= 11 is 0. The summed E-state index contributed by atoms with van der Waals surface area (Å²) in [6.07, 6.45) is 0.438. The molecule has 4 aromatic rings. The Morgan fingerprint density at radius 2 is 1.43 bits per heavy atom. The highest BCUT2D eigenvalue weighted by Crippen LogP contribution is 2.21. The number of nitrogens with two attached hydrogens (primary N) is 1. The molecule has 4 aromatic carbocycles. The zero-order valence-corrected chi connectivity index (χ0v) is 28.0. The molecule has 258 valence electrons. The van der Waals surface area contributed by atoms with Crippen molar-refractivity contribution in [2.45, 2.75) is 58.4 Å². The van der Waals surface area contributed by atoms with Gasteiger partial charge in [-0.05, 0) is 66.3 Å². The van der Waals surface area contributed by atoms with Crippen LogP contribution in [0.25, 0.3) is 0 Å². The van der Waals surface area contributed by atoms with Gasteiger partial charge in [0.1, 0.15) is 18.2 Å². The fraction of sp³-hybridized carbons (Fsp3) is 0.308. The number of hydrogen-bond donors (Lipinski definition) is 4. The van der Waals surface area contributed by atoms with Gasteiger partial charge in [-0.15, -0.1) is 0 Å². The van der Waals surface area contributed by atoms with Crippen molar-refractivity contribution in [2.75, 3.05) is 19.6 Å². The molecule has 49 heavy (non-hydrogen) atoms. The lowest BCUT2D eigenvalue weighted by Gasteiger charge is -2.26. The SMILES string of the molecule is CCCN(CCC)C(=O)c1cc(C(N)=O)cc(C(=O)N[C@@H](Cc2cc(F)cc(OCc3ccccc3)c2)[C@H](O)CNCc2ccccc2)c1. The van der Waals surface area contributed by atoms with Crippen molar-refractivity contribution in [3.05, 3.63) is 136 Å². The summed E-state index contributed by atoms with van der Waals surface area (Å²) in [7, 11) is 0. The van der Waals surface area contributed by atoms with Crippen LogP contribution in [-0.4, -0.2) is 59.5 Å². The number of primary amides is 1. The highest BCUT2D eigenvalue weighted by molar-refractivity contribution is 6.04. The molecule has 9 nitrogen and oxygen atoms in total. The number of aliphatic hydroxyl groups excluding tert-OH is 1. The Kier molecular flexibility index (Phi) is 13.9. The largest absolute Gasteiger partial charge is 0.489 e. The highest BCUT2D eigenvalue weighted by Gasteiger charge is 2.25. The fourth-order valence-corrected chi connectivity index (χ4v) is 5.52. The van der Waals surface area contributed by atoms with Crippen LogP contribution in [0.4, 0.5) is 4.39 Å². The van der Waals surface area contributed by atoms with Crippen molar-refractivity contribution in [2.24, 2.45) is 5.73 Å².